The van der Waals surface area contributed by atoms with Crippen molar-refractivity contribution in [1.29, 1.82) is 5.26 Å². The predicted octanol–water partition coefficient (Wildman–Crippen LogP) is 3.96. The first-order valence-electron chi connectivity index (χ1n) is 5.55. The number of hydrogen-bond donors (Lipinski definition) is 0. The zero-order valence-corrected chi connectivity index (χ0v) is 12.7. The minimum absolute atomic E-state index is 0.477. The lowest BCUT2D eigenvalue weighted by Gasteiger charge is -2.02. The van der Waals surface area contributed by atoms with E-state index in [9.17, 15) is 0 Å². The summed E-state index contributed by atoms with van der Waals surface area (Å²) < 4.78 is 12.9. The van der Waals surface area contributed by atoms with Crippen LogP contribution < -0.4 is 0 Å². The number of rotatable bonds is 2. The topological polar surface area (TPSA) is 49.6 Å². The number of nitriles is 1. The molecule has 0 aliphatic heterocycles. The molecule has 0 unspecified atom stereocenters. The Morgan fingerprint density at radius 3 is 2.74 bits per heavy atom. The molecule has 0 N–H and O–H groups in total. The largest absolute Gasteiger partial charge is 0.187 e. The maximum atomic E-state index is 8.61. The summed E-state index contributed by atoms with van der Waals surface area (Å²) in [5, 5.41) is 8.61. The smallest absolute Gasteiger partial charge is 0.128 e. The summed E-state index contributed by atoms with van der Waals surface area (Å²) in [5.74, 6) is 0. The van der Waals surface area contributed by atoms with Crippen molar-refractivity contribution in [3.05, 3.63) is 48.0 Å². The zero-order chi connectivity index (χ0) is 13.1. The molecule has 0 amide bonds. The van der Waals surface area contributed by atoms with Crippen LogP contribution in [0, 0.1) is 9.34 Å². The number of benzene rings is 2. The van der Waals surface area contributed by atoms with Gasteiger partial charge < -0.3 is 0 Å². The van der Waals surface area contributed by atoms with Crippen LogP contribution in [0.5, 0.6) is 0 Å². The average Bonchev–Trinajstić information content (AvgIpc) is 2.94. The molecule has 2 aromatic carbocycles. The maximum Gasteiger partial charge on any atom is 0.128 e. The highest BCUT2D eigenvalue weighted by atomic mass is 127. The van der Waals surface area contributed by atoms with E-state index in [1.54, 1.807) is 0 Å². The minimum Gasteiger partial charge on any atom is -0.187 e. The van der Waals surface area contributed by atoms with Gasteiger partial charge in [-0.25, -0.2) is 0 Å². The fourth-order valence-electron chi connectivity index (χ4n) is 1.86. The third-order valence-corrected chi connectivity index (χ3v) is 4.59. The average molecular weight is 377 g/mol. The van der Waals surface area contributed by atoms with Gasteiger partial charge in [-0.05, 0) is 21.2 Å². The standard InChI is InChI=1S/C14H8IN3S/c16-9-15-8-10-4-6-11(7-5-10)12-2-1-3-13-14(12)18-19-17-13/h1-8H. The monoisotopic (exact) mass is 377 g/mol. The summed E-state index contributed by atoms with van der Waals surface area (Å²) >= 11 is 0.761. The molecule has 0 bridgehead atoms. The molecule has 0 radical (unpaired) electrons. The molecule has 3 rings (SSSR count). The number of fused-ring (bicyclic) bond motifs is 1. The lowest BCUT2D eigenvalue weighted by atomic mass is 10.0. The summed E-state index contributed by atoms with van der Waals surface area (Å²) in [4.78, 5) is 0. The van der Waals surface area contributed by atoms with E-state index in [4.69, 9.17) is 5.26 Å². The van der Waals surface area contributed by atoms with Crippen LogP contribution in [0.2, 0.25) is 0 Å². The van der Waals surface area contributed by atoms with Crippen LogP contribution in [-0.2, 0) is 0 Å². The molecule has 3 aromatic rings. The van der Waals surface area contributed by atoms with Gasteiger partial charge in [-0.3, -0.25) is 0 Å². The van der Waals surface area contributed by atoms with Crippen molar-refractivity contribution in [2.24, 2.45) is 0 Å². The highest BCUT2D eigenvalue weighted by Gasteiger charge is 2.06. The summed E-state index contributed by atoms with van der Waals surface area (Å²) in [6, 6.07) is 14.3. The van der Waals surface area contributed by atoms with E-state index in [0.29, 0.717) is 0 Å². The molecule has 19 heavy (non-hydrogen) atoms. The van der Waals surface area contributed by atoms with Gasteiger partial charge in [-0.1, -0.05) is 36.4 Å². The van der Waals surface area contributed by atoms with Crippen molar-refractivity contribution in [3.63, 3.8) is 0 Å². The first kappa shape index (κ1) is 12.4. The van der Waals surface area contributed by atoms with Crippen molar-refractivity contribution in [2.75, 3.05) is 0 Å². The quantitative estimate of drug-likeness (QED) is 0.636. The molecule has 0 saturated heterocycles. The molecule has 0 saturated carbocycles. The molecular formula is C14H8IN3S. The highest BCUT2D eigenvalue weighted by molar-refractivity contribution is 14.2. The van der Waals surface area contributed by atoms with Crippen molar-refractivity contribution in [1.82, 2.24) is 8.75 Å². The van der Waals surface area contributed by atoms with Gasteiger partial charge in [-0.2, -0.15) is 14.0 Å². The molecule has 3 nitrogen and oxygen atoms in total. The van der Waals surface area contributed by atoms with Gasteiger partial charge in [0.1, 0.15) is 15.1 Å². The van der Waals surface area contributed by atoms with Gasteiger partial charge in [0, 0.05) is 26.3 Å². The fraction of sp³-hybridized carbons (Fsp3) is 0. The molecular weight excluding hydrogens is 369 g/mol. The van der Waals surface area contributed by atoms with Crippen LogP contribution in [0.25, 0.3) is 22.2 Å². The Labute approximate surface area is 124 Å². The molecule has 0 aliphatic rings. The Morgan fingerprint density at radius 2 is 1.95 bits per heavy atom. The Bertz CT molecular complexity index is 784. The van der Waals surface area contributed by atoms with Crippen LogP contribution in [0.3, 0.4) is 0 Å². The van der Waals surface area contributed by atoms with Gasteiger partial charge in [0.25, 0.3) is 0 Å². The van der Waals surface area contributed by atoms with E-state index >= 15 is 0 Å². The zero-order valence-electron chi connectivity index (χ0n) is 9.75. The SMILES string of the molecule is N#CI=Cc1ccc(-c2cccc3nsnc23)cc1. The third-order valence-electron chi connectivity index (χ3n) is 2.74. The van der Waals surface area contributed by atoms with Crippen molar-refractivity contribution in [2.45, 2.75) is 0 Å². The minimum atomic E-state index is -0.477. The van der Waals surface area contributed by atoms with E-state index in [1.165, 1.54) is 11.7 Å². The van der Waals surface area contributed by atoms with E-state index in [-0.39, 0.29) is 0 Å². The van der Waals surface area contributed by atoms with Crippen molar-refractivity contribution >= 4 is 47.5 Å². The first-order valence-corrected chi connectivity index (χ1v) is 8.60. The van der Waals surface area contributed by atoms with Gasteiger partial charge in [-0.15, -0.1) is 0 Å². The van der Waals surface area contributed by atoms with Gasteiger partial charge >= 0.3 is 0 Å². The first-order chi connectivity index (χ1) is 9.38. The second kappa shape index (κ2) is 5.55. The number of aromatic nitrogens is 2. The molecule has 1 heterocycles. The van der Waals surface area contributed by atoms with Crippen LogP contribution in [0.4, 0.5) is 0 Å². The molecule has 0 fully saturated rings. The Balaban J connectivity index is 2.05. The summed E-state index contributed by atoms with van der Waals surface area (Å²) in [7, 11) is 0. The molecule has 92 valence electrons. The Kier molecular flexibility index (Phi) is 3.62. The number of halogens is 1. The van der Waals surface area contributed by atoms with Gasteiger partial charge in [0.2, 0.25) is 0 Å². The van der Waals surface area contributed by atoms with Crippen molar-refractivity contribution in [3.8, 4) is 15.2 Å². The molecule has 0 spiro atoms. The van der Waals surface area contributed by atoms with E-state index in [0.717, 1.165) is 27.7 Å². The lowest BCUT2D eigenvalue weighted by molar-refractivity contribution is 1.58. The summed E-state index contributed by atoms with van der Waals surface area (Å²) in [6.07, 6.45) is 0. The van der Waals surface area contributed by atoms with Crippen LogP contribution in [0.15, 0.2) is 42.5 Å². The van der Waals surface area contributed by atoms with E-state index in [2.05, 4.69) is 31.0 Å². The lowest BCUT2D eigenvalue weighted by Crippen LogP contribution is -1.82. The highest BCUT2D eigenvalue weighted by Crippen LogP contribution is 2.27. The second-order valence-electron chi connectivity index (χ2n) is 3.86. The third kappa shape index (κ3) is 2.55. The normalized spacial score (nSPS) is 11.3. The van der Waals surface area contributed by atoms with Gasteiger partial charge in [0.05, 0.1) is 11.7 Å². The molecule has 1 aromatic heterocycles. The summed E-state index contributed by atoms with van der Waals surface area (Å²) in [6.45, 7) is 0. The predicted molar refractivity (Wildman–Crippen MR) is 87.7 cm³/mol. The fourth-order valence-corrected chi connectivity index (χ4v) is 3.33. The number of hydrogen-bond acceptors (Lipinski definition) is 4. The summed E-state index contributed by atoms with van der Waals surface area (Å²) in [5.41, 5.74) is 5.24. The molecule has 5 heteroatoms. The van der Waals surface area contributed by atoms with E-state index < -0.39 is 20.7 Å². The van der Waals surface area contributed by atoms with Crippen LogP contribution in [0.1, 0.15) is 5.56 Å². The molecule has 0 aliphatic carbocycles. The van der Waals surface area contributed by atoms with Gasteiger partial charge in [0.15, 0.2) is 0 Å². The second-order valence-corrected chi connectivity index (χ2v) is 6.12. The molecule has 0 atom stereocenters. The maximum absolute atomic E-state index is 8.61. The van der Waals surface area contributed by atoms with E-state index in [1.807, 2.05) is 28.3 Å². The van der Waals surface area contributed by atoms with Crippen molar-refractivity contribution < 1.29 is 0 Å². The Morgan fingerprint density at radius 1 is 1.11 bits per heavy atom. The van der Waals surface area contributed by atoms with Crippen LogP contribution >= 0.6 is 32.5 Å². The number of nitrogens with zero attached hydrogens (tertiary/aromatic N) is 3. The van der Waals surface area contributed by atoms with Crippen LogP contribution in [-0.4, -0.2) is 12.8 Å². The Hall–Kier alpha value is -1.65.